The standard InChI is InChI=1S/C14H18N6O2/c15-16-13(11-2-1-3-12(4-11)20(21)22)14-5-17-8-18(6-14)10-19(7-14)9-17/h1-4H,5-10,15H2. The molecule has 8 nitrogen and oxygen atoms in total. The Bertz CT molecular complexity index is 623. The number of hydrogen-bond donors (Lipinski definition) is 1. The Kier molecular flexibility index (Phi) is 2.93. The molecule has 0 atom stereocenters. The van der Waals surface area contributed by atoms with Crippen LogP contribution in [0.5, 0.6) is 0 Å². The fourth-order valence-corrected chi connectivity index (χ4v) is 4.23. The number of hydrazone groups is 1. The van der Waals surface area contributed by atoms with Crippen LogP contribution in [0.15, 0.2) is 29.4 Å². The van der Waals surface area contributed by atoms with Gasteiger partial charge in [-0.1, -0.05) is 12.1 Å². The third kappa shape index (κ3) is 1.99. The number of rotatable bonds is 3. The summed E-state index contributed by atoms with van der Waals surface area (Å²) in [6.07, 6.45) is 0. The summed E-state index contributed by atoms with van der Waals surface area (Å²) in [6.45, 7) is 5.64. The number of nitro groups is 1. The molecule has 4 aliphatic rings. The highest BCUT2D eigenvalue weighted by molar-refractivity contribution is 6.05. The molecule has 1 aromatic carbocycles. The number of nitro benzene ring substituents is 1. The number of hydrogen-bond acceptors (Lipinski definition) is 7. The maximum absolute atomic E-state index is 11.0. The molecule has 2 N–H and O–H groups in total. The van der Waals surface area contributed by atoms with E-state index >= 15 is 0 Å². The zero-order chi connectivity index (χ0) is 15.3. The minimum Gasteiger partial charge on any atom is -0.323 e. The Morgan fingerprint density at radius 2 is 1.77 bits per heavy atom. The van der Waals surface area contributed by atoms with Crippen LogP contribution < -0.4 is 5.84 Å². The average Bonchev–Trinajstić information content (AvgIpc) is 2.46. The highest BCUT2D eigenvalue weighted by atomic mass is 16.6. The molecular weight excluding hydrogens is 284 g/mol. The summed E-state index contributed by atoms with van der Waals surface area (Å²) in [4.78, 5) is 17.8. The molecule has 0 aliphatic carbocycles. The van der Waals surface area contributed by atoms with Gasteiger partial charge in [-0.3, -0.25) is 24.8 Å². The lowest BCUT2D eigenvalue weighted by Crippen LogP contribution is -2.74. The summed E-state index contributed by atoms with van der Waals surface area (Å²) in [5.74, 6) is 5.71. The van der Waals surface area contributed by atoms with E-state index in [2.05, 4.69) is 19.8 Å². The molecule has 1 aromatic rings. The number of nitrogens with two attached hydrogens (primary N) is 1. The van der Waals surface area contributed by atoms with Crippen LogP contribution in [0, 0.1) is 15.5 Å². The van der Waals surface area contributed by atoms with E-state index in [1.807, 2.05) is 6.07 Å². The second-order valence-corrected chi connectivity index (χ2v) is 6.48. The summed E-state index contributed by atoms with van der Waals surface area (Å²) in [7, 11) is 0. The molecule has 0 aromatic heterocycles. The van der Waals surface area contributed by atoms with Gasteiger partial charge in [-0.2, -0.15) is 5.10 Å². The van der Waals surface area contributed by atoms with Gasteiger partial charge in [0, 0.05) is 37.3 Å². The largest absolute Gasteiger partial charge is 0.323 e. The Morgan fingerprint density at radius 3 is 2.27 bits per heavy atom. The molecule has 4 bridgehead atoms. The molecule has 0 unspecified atom stereocenters. The van der Waals surface area contributed by atoms with Crippen LogP contribution in [0.2, 0.25) is 0 Å². The maximum atomic E-state index is 11.0. The third-order valence-electron chi connectivity index (χ3n) is 4.74. The van der Waals surface area contributed by atoms with Crippen molar-refractivity contribution < 1.29 is 4.92 Å². The first-order valence-electron chi connectivity index (χ1n) is 7.30. The van der Waals surface area contributed by atoms with E-state index in [0.717, 1.165) is 50.9 Å². The predicted molar refractivity (Wildman–Crippen MR) is 81.0 cm³/mol. The Labute approximate surface area is 127 Å². The molecule has 4 saturated heterocycles. The van der Waals surface area contributed by atoms with Crippen LogP contribution in [0.25, 0.3) is 0 Å². The van der Waals surface area contributed by atoms with Crippen LogP contribution in [0.3, 0.4) is 0 Å². The lowest BCUT2D eigenvalue weighted by atomic mass is 9.74. The molecule has 22 heavy (non-hydrogen) atoms. The number of non-ortho nitro benzene ring substituents is 1. The van der Waals surface area contributed by atoms with E-state index in [1.165, 1.54) is 6.07 Å². The van der Waals surface area contributed by atoms with Gasteiger partial charge in [0.05, 0.1) is 36.1 Å². The molecule has 4 fully saturated rings. The van der Waals surface area contributed by atoms with Crippen LogP contribution >= 0.6 is 0 Å². The van der Waals surface area contributed by atoms with Crippen molar-refractivity contribution in [1.82, 2.24) is 14.7 Å². The zero-order valence-corrected chi connectivity index (χ0v) is 12.2. The van der Waals surface area contributed by atoms with Crippen molar-refractivity contribution in [3.63, 3.8) is 0 Å². The van der Waals surface area contributed by atoms with E-state index in [1.54, 1.807) is 12.1 Å². The SMILES string of the molecule is NN=C(c1cccc([N+](=O)[O-])c1)C12CN3CN(CN(C3)C1)C2. The van der Waals surface area contributed by atoms with Crippen LogP contribution in [-0.2, 0) is 0 Å². The second-order valence-electron chi connectivity index (χ2n) is 6.48. The van der Waals surface area contributed by atoms with Gasteiger partial charge in [0.1, 0.15) is 0 Å². The van der Waals surface area contributed by atoms with Crippen molar-refractivity contribution in [3.05, 3.63) is 39.9 Å². The molecule has 4 heterocycles. The van der Waals surface area contributed by atoms with Gasteiger partial charge in [-0.15, -0.1) is 0 Å². The van der Waals surface area contributed by atoms with Gasteiger partial charge >= 0.3 is 0 Å². The van der Waals surface area contributed by atoms with Gasteiger partial charge in [0.2, 0.25) is 0 Å². The quantitative estimate of drug-likeness (QED) is 0.367. The van der Waals surface area contributed by atoms with E-state index in [4.69, 9.17) is 5.84 Å². The molecule has 0 radical (unpaired) electrons. The molecule has 4 aliphatic heterocycles. The topological polar surface area (TPSA) is 91.2 Å². The van der Waals surface area contributed by atoms with Crippen molar-refractivity contribution in [1.29, 1.82) is 0 Å². The fraction of sp³-hybridized carbons (Fsp3) is 0.500. The summed E-state index contributed by atoms with van der Waals surface area (Å²) < 4.78 is 0. The van der Waals surface area contributed by atoms with Gasteiger partial charge in [-0.05, 0) is 0 Å². The Morgan fingerprint density at radius 1 is 1.18 bits per heavy atom. The van der Waals surface area contributed by atoms with E-state index < -0.39 is 0 Å². The summed E-state index contributed by atoms with van der Waals surface area (Å²) in [5, 5.41) is 15.1. The smallest absolute Gasteiger partial charge is 0.270 e. The predicted octanol–water partition coefficient (Wildman–Crippen LogP) is 0.0633. The first kappa shape index (κ1) is 13.6. The van der Waals surface area contributed by atoms with E-state index in [0.29, 0.717) is 0 Å². The van der Waals surface area contributed by atoms with E-state index in [-0.39, 0.29) is 16.0 Å². The van der Waals surface area contributed by atoms with E-state index in [9.17, 15) is 10.1 Å². The third-order valence-corrected chi connectivity index (χ3v) is 4.74. The zero-order valence-electron chi connectivity index (χ0n) is 12.2. The van der Waals surface area contributed by atoms with Gasteiger partial charge in [-0.25, -0.2) is 0 Å². The summed E-state index contributed by atoms with van der Waals surface area (Å²) in [6, 6.07) is 6.62. The molecular formula is C14H18N6O2. The molecule has 5 rings (SSSR count). The lowest BCUT2D eigenvalue weighted by molar-refractivity contribution is -0.384. The van der Waals surface area contributed by atoms with Crippen molar-refractivity contribution in [2.24, 2.45) is 16.4 Å². The van der Waals surface area contributed by atoms with Gasteiger partial charge < -0.3 is 5.84 Å². The van der Waals surface area contributed by atoms with Gasteiger partial charge in [0.25, 0.3) is 5.69 Å². The average molecular weight is 302 g/mol. The maximum Gasteiger partial charge on any atom is 0.270 e. The minimum atomic E-state index is -0.381. The lowest BCUT2D eigenvalue weighted by Gasteiger charge is -2.60. The number of benzene rings is 1. The molecule has 8 heteroatoms. The minimum absolute atomic E-state index is 0.0734. The van der Waals surface area contributed by atoms with Crippen LogP contribution in [-0.4, -0.2) is 65.0 Å². The monoisotopic (exact) mass is 302 g/mol. The van der Waals surface area contributed by atoms with Crippen LogP contribution in [0.4, 0.5) is 5.69 Å². The first-order chi connectivity index (χ1) is 10.6. The number of nitrogens with zero attached hydrogens (tertiary/aromatic N) is 5. The van der Waals surface area contributed by atoms with Crippen molar-refractivity contribution in [2.75, 3.05) is 39.6 Å². The van der Waals surface area contributed by atoms with Crippen molar-refractivity contribution >= 4 is 11.4 Å². The van der Waals surface area contributed by atoms with Gasteiger partial charge in [0.15, 0.2) is 0 Å². The summed E-state index contributed by atoms with van der Waals surface area (Å²) >= 11 is 0. The summed E-state index contributed by atoms with van der Waals surface area (Å²) in [5.41, 5.74) is 1.43. The van der Waals surface area contributed by atoms with Crippen LogP contribution in [0.1, 0.15) is 5.56 Å². The molecule has 0 saturated carbocycles. The van der Waals surface area contributed by atoms with Crippen molar-refractivity contribution in [3.8, 4) is 0 Å². The highest BCUT2D eigenvalue weighted by Gasteiger charge is 2.51. The molecule has 0 amide bonds. The molecule has 0 spiro atoms. The van der Waals surface area contributed by atoms with Crippen molar-refractivity contribution in [2.45, 2.75) is 0 Å². The Hall–Kier alpha value is -2.03. The normalized spacial score (nSPS) is 36.5. The Balaban J connectivity index is 1.74. The highest BCUT2D eigenvalue weighted by Crippen LogP contribution is 2.38. The fourth-order valence-electron chi connectivity index (χ4n) is 4.23. The second kappa shape index (κ2) is 4.73. The molecule has 116 valence electrons. The first-order valence-corrected chi connectivity index (χ1v) is 7.30.